The highest BCUT2D eigenvalue weighted by Crippen LogP contribution is 2.22. The lowest BCUT2D eigenvalue weighted by molar-refractivity contribution is -0.173. The van der Waals surface area contributed by atoms with Gasteiger partial charge in [0.2, 0.25) is 0 Å². The minimum Gasteiger partial charge on any atom is -0.372 e. The van der Waals surface area contributed by atoms with E-state index in [1.165, 1.54) is 0 Å². The standard InChI is InChI=1S/C14H20F3N3O/c1-9(2)13-10-7-18-5-3-11(10)19-12(20-13)4-6-21-8-14(15,16)17/h9,18H,3-8H2,1-2H3. The number of rotatable bonds is 5. The number of ether oxygens (including phenoxy) is 1. The lowest BCUT2D eigenvalue weighted by atomic mass is 9.98. The van der Waals surface area contributed by atoms with Crippen LogP contribution in [0.4, 0.5) is 13.2 Å². The molecular formula is C14H20F3N3O. The van der Waals surface area contributed by atoms with Crippen LogP contribution in [0.3, 0.4) is 0 Å². The molecule has 4 nitrogen and oxygen atoms in total. The van der Waals surface area contributed by atoms with E-state index in [0.717, 1.165) is 36.5 Å². The van der Waals surface area contributed by atoms with Gasteiger partial charge >= 0.3 is 6.18 Å². The molecule has 0 bridgehead atoms. The summed E-state index contributed by atoms with van der Waals surface area (Å²) in [7, 11) is 0. The Morgan fingerprint density at radius 1 is 1.29 bits per heavy atom. The maximum atomic E-state index is 12.0. The van der Waals surface area contributed by atoms with Gasteiger partial charge in [-0.3, -0.25) is 0 Å². The van der Waals surface area contributed by atoms with Crippen molar-refractivity contribution < 1.29 is 17.9 Å². The van der Waals surface area contributed by atoms with Crippen molar-refractivity contribution in [2.24, 2.45) is 0 Å². The molecule has 0 saturated carbocycles. The predicted molar refractivity (Wildman–Crippen MR) is 72.1 cm³/mol. The first kappa shape index (κ1) is 16.2. The summed E-state index contributed by atoms with van der Waals surface area (Å²) < 4.78 is 40.7. The first-order valence-corrected chi connectivity index (χ1v) is 7.10. The Bertz CT molecular complexity index is 489. The third kappa shape index (κ3) is 4.64. The summed E-state index contributed by atoms with van der Waals surface area (Å²) in [5, 5.41) is 3.29. The van der Waals surface area contributed by atoms with E-state index in [4.69, 9.17) is 0 Å². The van der Waals surface area contributed by atoms with Crippen LogP contribution in [-0.2, 0) is 24.1 Å². The van der Waals surface area contributed by atoms with Crippen LogP contribution in [0.5, 0.6) is 0 Å². The highest BCUT2D eigenvalue weighted by molar-refractivity contribution is 5.30. The fourth-order valence-corrected chi connectivity index (χ4v) is 2.36. The van der Waals surface area contributed by atoms with E-state index < -0.39 is 12.8 Å². The molecule has 0 spiro atoms. The number of alkyl halides is 3. The van der Waals surface area contributed by atoms with Gasteiger partial charge in [0, 0.05) is 31.5 Å². The van der Waals surface area contributed by atoms with Gasteiger partial charge in [0.15, 0.2) is 0 Å². The number of aromatic nitrogens is 2. The quantitative estimate of drug-likeness (QED) is 0.848. The van der Waals surface area contributed by atoms with Crippen molar-refractivity contribution in [1.29, 1.82) is 0 Å². The molecule has 0 radical (unpaired) electrons. The van der Waals surface area contributed by atoms with E-state index in [-0.39, 0.29) is 12.5 Å². The fourth-order valence-electron chi connectivity index (χ4n) is 2.36. The Hall–Kier alpha value is -1.21. The van der Waals surface area contributed by atoms with Crippen LogP contribution in [0.15, 0.2) is 0 Å². The second-order valence-corrected chi connectivity index (χ2v) is 5.45. The Kier molecular flexibility index (Phi) is 5.16. The van der Waals surface area contributed by atoms with Crippen molar-refractivity contribution >= 4 is 0 Å². The summed E-state index contributed by atoms with van der Waals surface area (Å²) in [6.45, 7) is 4.49. The SMILES string of the molecule is CC(C)c1nc(CCOCC(F)(F)F)nc2c1CNCC2. The van der Waals surface area contributed by atoms with E-state index in [1.54, 1.807) is 0 Å². The van der Waals surface area contributed by atoms with Gasteiger partial charge in [-0.15, -0.1) is 0 Å². The van der Waals surface area contributed by atoms with Crippen molar-refractivity contribution in [2.45, 2.75) is 45.3 Å². The van der Waals surface area contributed by atoms with Gasteiger partial charge in [0.1, 0.15) is 12.4 Å². The highest BCUT2D eigenvalue weighted by atomic mass is 19.4. The molecule has 0 aromatic carbocycles. The van der Waals surface area contributed by atoms with Crippen LogP contribution in [0.2, 0.25) is 0 Å². The minimum atomic E-state index is -4.29. The van der Waals surface area contributed by atoms with Crippen LogP contribution in [0.25, 0.3) is 0 Å². The average Bonchev–Trinajstić information content (AvgIpc) is 2.41. The van der Waals surface area contributed by atoms with Gasteiger partial charge in [-0.05, 0) is 5.92 Å². The second kappa shape index (κ2) is 6.70. The number of hydrogen-bond acceptors (Lipinski definition) is 4. The maximum absolute atomic E-state index is 12.0. The molecular weight excluding hydrogens is 283 g/mol. The molecule has 0 aliphatic carbocycles. The maximum Gasteiger partial charge on any atom is 0.411 e. The Morgan fingerprint density at radius 2 is 2.05 bits per heavy atom. The van der Waals surface area contributed by atoms with Crippen LogP contribution in [-0.4, -0.2) is 35.9 Å². The molecule has 1 aliphatic rings. The molecule has 0 amide bonds. The molecule has 0 atom stereocenters. The number of hydrogen-bond donors (Lipinski definition) is 1. The molecule has 21 heavy (non-hydrogen) atoms. The molecule has 2 rings (SSSR count). The summed E-state index contributed by atoms with van der Waals surface area (Å²) in [5.74, 6) is 0.831. The molecule has 2 heterocycles. The van der Waals surface area contributed by atoms with Gasteiger partial charge in [0.05, 0.1) is 18.0 Å². The molecule has 118 valence electrons. The first-order valence-electron chi connectivity index (χ1n) is 7.10. The van der Waals surface area contributed by atoms with E-state index in [0.29, 0.717) is 12.2 Å². The van der Waals surface area contributed by atoms with Gasteiger partial charge in [-0.1, -0.05) is 13.8 Å². The molecule has 1 aromatic rings. The summed E-state index contributed by atoms with van der Waals surface area (Å²) >= 11 is 0. The number of halogens is 3. The van der Waals surface area contributed by atoms with Crippen LogP contribution < -0.4 is 5.32 Å². The largest absolute Gasteiger partial charge is 0.411 e. The first-order chi connectivity index (χ1) is 9.87. The van der Waals surface area contributed by atoms with Crippen LogP contribution >= 0.6 is 0 Å². The molecule has 0 unspecified atom stereocenters. The Morgan fingerprint density at radius 3 is 2.71 bits per heavy atom. The fraction of sp³-hybridized carbons (Fsp3) is 0.714. The van der Waals surface area contributed by atoms with Gasteiger partial charge in [-0.25, -0.2) is 9.97 Å². The third-order valence-electron chi connectivity index (χ3n) is 3.29. The zero-order valence-corrected chi connectivity index (χ0v) is 12.3. The highest BCUT2D eigenvalue weighted by Gasteiger charge is 2.27. The summed E-state index contributed by atoms with van der Waals surface area (Å²) in [6, 6.07) is 0. The normalized spacial score (nSPS) is 15.3. The minimum absolute atomic E-state index is 0.0198. The van der Waals surface area contributed by atoms with E-state index in [2.05, 4.69) is 33.9 Å². The van der Waals surface area contributed by atoms with Gasteiger partial charge in [0.25, 0.3) is 0 Å². The van der Waals surface area contributed by atoms with Crippen molar-refractivity contribution in [3.63, 3.8) is 0 Å². The number of nitrogens with zero attached hydrogens (tertiary/aromatic N) is 2. The van der Waals surface area contributed by atoms with E-state index in [1.807, 2.05) is 0 Å². The smallest absolute Gasteiger partial charge is 0.372 e. The number of fused-ring (bicyclic) bond motifs is 1. The van der Waals surface area contributed by atoms with Crippen molar-refractivity contribution in [1.82, 2.24) is 15.3 Å². The predicted octanol–water partition coefficient (Wildman–Crippen LogP) is 2.37. The lowest BCUT2D eigenvalue weighted by Crippen LogP contribution is -2.28. The van der Waals surface area contributed by atoms with Crippen LogP contribution in [0, 0.1) is 0 Å². The zero-order valence-electron chi connectivity index (χ0n) is 12.3. The van der Waals surface area contributed by atoms with Crippen molar-refractivity contribution in [3.8, 4) is 0 Å². The average molecular weight is 303 g/mol. The molecule has 1 N–H and O–H groups in total. The van der Waals surface area contributed by atoms with Crippen molar-refractivity contribution in [3.05, 3.63) is 22.8 Å². The summed E-state index contributed by atoms with van der Waals surface area (Å²) in [4.78, 5) is 8.99. The van der Waals surface area contributed by atoms with Crippen LogP contribution in [0.1, 0.15) is 42.5 Å². The second-order valence-electron chi connectivity index (χ2n) is 5.45. The summed E-state index contributed by atoms with van der Waals surface area (Å²) in [6.07, 6.45) is -3.16. The molecule has 0 saturated heterocycles. The summed E-state index contributed by atoms with van der Waals surface area (Å²) in [5.41, 5.74) is 3.13. The monoisotopic (exact) mass is 303 g/mol. The van der Waals surface area contributed by atoms with Gasteiger partial charge in [-0.2, -0.15) is 13.2 Å². The topological polar surface area (TPSA) is 47.0 Å². The lowest BCUT2D eigenvalue weighted by Gasteiger charge is -2.21. The van der Waals surface area contributed by atoms with E-state index >= 15 is 0 Å². The van der Waals surface area contributed by atoms with E-state index in [9.17, 15) is 13.2 Å². The van der Waals surface area contributed by atoms with Crippen molar-refractivity contribution in [2.75, 3.05) is 19.8 Å². The number of nitrogens with one attached hydrogen (secondary N) is 1. The van der Waals surface area contributed by atoms with Gasteiger partial charge < -0.3 is 10.1 Å². The third-order valence-corrected chi connectivity index (χ3v) is 3.29. The Balaban J connectivity index is 2.05. The molecule has 0 fully saturated rings. The molecule has 1 aromatic heterocycles. The molecule has 7 heteroatoms. The molecule has 1 aliphatic heterocycles. The zero-order chi connectivity index (χ0) is 15.5. The Labute approximate surface area is 122 Å².